The monoisotopic (exact) mass is 344 g/mol. The van der Waals surface area contributed by atoms with Gasteiger partial charge >= 0.3 is 0 Å². The van der Waals surface area contributed by atoms with Crippen molar-refractivity contribution in [1.82, 2.24) is 9.55 Å². The van der Waals surface area contributed by atoms with Gasteiger partial charge in [0.25, 0.3) is 0 Å². The van der Waals surface area contributed by atoms with Crippen LogP contribution in [0.25, 0.3) is 27.6 Å². The van der Waals surface area contributed by atoms with Crippen LogP contribution in [-0.2, 0) is 5.41 Å². The maximum absolute atomic E-state index is 5.48. The molecule has 0 saturated carbocycles. The molecule has 4 aromatic rings. The zero-order valence-corrected chi connectivity index (χ0v) is 16.0. The third-order valence-corrected chi connectivity index (χ3v) is 4.97. The Kier molecular flexibility index (Phi) is 3.76. The minimum atomic E-state index is 0.0741. The van der Waals surface area contributed by atoms with E-state index in [1.54, 1.807) is 7.11 Å². The zero-order valence-electron chi connectivity index (χ0n) is 16.0. The summed E-state index contributed by atoms with van der Waals surface area (Å²) in [5, 5.41) is 2.46. The standard InChI is InChI=1S/C23H24N2O/c1-15-6-9-20-19(12-15)18-8-7-17(26-5)14-21(18)25(20)22-13-16(10-11-24-22)23(2,3)4/h6-14H,1-5H3. The van der Waals surface area contributed by atoms with Crippen LogP contribution in [0.5, 0.6) is 5.75 Å². The summed E-state index contributed by atoms with van der Waals surface area (Å²) >= 11 is 0. The summed E-state index contributed by atoms with van der Waals surface area (Å²) < 4.78 is 7.72. The Morgan fingerprint density at radius 3 is 2.42 bits per heavy atom. The molecule has 0 fully saturated rings. The summed E-state index contributed by atoms with van der Waals surface area (Å²) in [5.41, 5.74) is 4.88. The summed E-state index contributed by atoms with van der Waals surface area (Å²) in [6, 6.07) is 17.1. The number of ether oxygens (including phenoxy) is 1. The molecule has 0 radical (unpaired) electrons. The lowest BCUT2D eigenvalue weighted by Crippen LogP contribution is -2.12. The molecule has 2 aromatic heterocycles. The van der Waals surface area contributed by atoms with Gasteiger partial charge in [-0.1, -0.05) is 32.4 Å². The lowest BCUT2D eigenvalue weighted by Gasteiger charge is -2.20. The summed E-state index contributed by atoms with van der Waals surface area (Å²) in [6.07, 6.45) is 1.90. The summed E-state index contributed by atoms with van der Waals surface area (Å²) in [7, 11) is 1.71. The Morgan fingerprint density at radius 1 is 0.885 bits per heavy atom. The third-order valence-electron chi connectivity index (χ3n) is 4.97. The molecule has 0 aliphatic heterocycles. The van der Waals surface area contributed by atoms with Crippen LogP contribution in [0.2, 0.25) is 0 Å². The number of fused-ring (bicyclic) bond motifs is 3. The number of methoxy groups -OCH3 is 1. The maximum atomic E-state index is 5.48. The quantitative estimate of drug-likeness (QED) is 0.460. The highest BCUT2D eigenvalue weighted by molar-refractivity contribution is 6.09. The second-order valence-corrected chi connectivity index (χ2v) is 7.89. The van der Waals surface area contributed by atoms with Gasteiger partial charge in [0.15, 0.2) is 0 Å². The number of pyridine rings is 1. The highest BCUT2D eigenvalue weighted by Crippen LogP contribution is 2.35. The first-order chi connectivity index (χ1) is 12.4. The van der Waals surface area contributed by atoms with Gasteiger partial charge in [-0.25, -0.2) is 4.98 Å². The van der Waals surface area contributed by atoms with Crippen LogP contribution < -0.4 is 4.74 Å². The molecular formula is C23H24N2O. The Bertz CT molecular complexity index is 1120. The highest BCUT2D eigenvalue weighted by Gasteiger charge is 2.18. The van der Waals surface area contributed by atoms with E-state index < -0.39 is 0 Å². The number of benzene rings is 2. The van der Waals surface area contributed by atoms with Crippen LogP contribution in [0, 0.1) is 6.92 Å². The third kappa shape index (κ3) is 2.64. The van der Waals surface area contributed by atoms with Crippen LogP contribution in [0.4, 0.5) is 0 Å². The molecule has 3 heteroatoms. The van der Waals surface area contributed by atoms with Gasteiger partial charge in [-0.15, -0.1) is 0 Å². The first-order valence-electron chi connectivity index (χ1n) is 8.94. The molecule has 26 heavy (non-hydrogen) atoms. The normalized spacial score (nSPS) is 12.0. The molecule has 0 N–H and O–H groups in total. The molecule has 0 saturated heterocycles. The Balaban J connectivity index is 2.10. The van der Waals surface area contributed by atoms with E-state index in [1.165, 1.54) is 21.9 Å². The molecule has 0 bridgehead atoms. The average molecular weight is 344 g/mol. The number of aromatic nitrogens is 2. The van der Waals surface area contributed by atoms with Crippen molar-refractivity contribution < 1.29 is 4.74 Å². The average Bonchev–Trinajstić information content (AvgIpc) is 2.93. The van der Waals surface area contributed by atoms with Gasteiger partial charge in [-0.2, -0.15) is 0 Å². The second-order valence-electron chi connectivity index (χ2n) is 7.89. The van der Waals surface area contributed by atoms with Gasteiger partial charge < -0.3 is 4.74 Å². The van der Waals surface area contributed by atoms with Crippen LogP contribution >= 0.6 is 0 Å². The van der Waals surface area contributed by atoms with Gasteiger partial charge in [0.05, 0.1) is 18.1 Å². The van der Waals surface area contributed by atoms with Crippen LogP contribution in [-0.4, -0.2) is 16.7 Å². The van der Waals surface area contributed by atoms with E-state index in [0.29, 0.717) is 0 Å². The van der Waals surface area contributed by atoms with E-state index in [1.807, 2.05) is 12.3 Å². The highest BCUT2D eigenvalue weighted by atomic mass is 16.5. The van der Waals surface area contributed by atoms with Crippen molar-refractivity contribution in [2.75, 3.05) is 7.11 Å². The summed E-state index contributed by atoms with van der Waals surface area (Å²) in [4.78, 5) is 4.70. The first kappa shape index (κ1) is 16.6. The second kappa shape index (κ2) is 5.87. The smallest absolute Gasteiger partial charge is 0.137 e. The molecule has 4 rings (SSSR count). The van der Waals surface area contributed by atoms with Crippen molar-refractivity contribution in [2.45, 2.75) is 33.1 Å². The molecule has 132 valence electrons. The lowest BCUT2D eigenvalue weighted by atomic mass is 9.88. The van der Waals surface area contributed by atoms with E-state index in [9.17, 15) is 0 Å². The van der Waals surface area contributed by atoms with Crippen LogP contribution in [0.3, 0.4) is 0 Å². The fraction of sp³-hybridized carbons (Fsp3) is 0.261. The fourth-order valence-corrected chi connectivity index (χ4v) is 3.50. The maximum Gasteiger partial charge on any atom is 0.137 e. The molecule has 0 aliphatic rings. The molecule has 3 nitrogen and oxygen atoms in total. The topological polar surface area (TPSA) is 27.1 Å². The molecular weight excluding hydrogens is 320 g/mol. The molecule has 0 aliphatic carbocycles. The van der Waals surface area contributed by atoms with Crippen LogP contribution in [0.15, 0.2) is 54.7 Å². The summed E-state index contributed by atoms with van der Waals surface area (Å²) in [6.45, 7) is 8.81. The summed E-state index contributed by atoms with van der Waals surface area (Å²) in [5.74, 6) is 1.79. The number of nitrogens with zero attached hydrogens (tertiary/aromatic N) is 2. The number of hydrogen-bond acceptors (Lipinski definition) is 2. The van der Waals surface area contributed by atoms with Crippen LogP contribution in [0.1, 0.15) is 31.9 Å². The molecule has 2 aromatic carbocycles. The van der Waals surface area contributed by atoms with E-state index in [4.69, 9.17) is 9.72 Å². The Morgan fingerprint density at radius 2 is 1.69 bits per heavy atom. The zero-order chi connectivity index (χ0) is 18.5. The van der Waals surface area contributed by atoms with Gasteiger partial charge in [-0.3, -0.25) is 4.57 Å². The van der Waals surface area contributed by atoms with E-state index in [-0.39, 0.29) is 5.41 Å². The lowest BCUT2D eigenvalue weighted by molar-refractivity contribution is 0.415. The van der Waals surface area contributed by atoms with Gasteiger partial charge in [0.1, 0.15) is 11.6 Å². The fourth-order valence-electron chi connectivity index (χ4n) is 3.50. The van der Waals surface area contributed by atoms with Gasteiger partial charge in [0.2, 0.25) is 0 Å². The predicted octanol–water partition coefficient (Wildman–Crippen LogP) is 5.79. The first-order valence-corrected chi connectivity index (χ1v) is 8.94. The molecule has 0 unspecified atom stereocenters. The molecule has 0 amide bonds. The van der Waals surface area contributed by atoms with Crippen molar-refractivity contribution in [3.63, 3.8) is 0 Å². The van der Waals surface area contributed by atoms with Gasteiger partial charge in [0, 0.05) is 23.0 Å². The molecule has 0 spiro atoms. The van der Waals surface area contributed by atoms with E-state index in [2.05, 4.69) is 74.7 Å². The predicted molar refractivity (Wildman–Crippen MR) is 109 cm³/mol. The van der Waals surface area contributed by atoms with Crippen molar-refractivity contribution >= 4 is 21.8 Å². The van der Waals surface area contributed by atoms with Crippen molar-refractivity contribution in [3.05, 3.63) is 65.9 Å². The minimum absolute atomic E-state index is 0.0741. The van der Waals surface area contributed by atoms with Gasteiger partial charge in [-0.05, 0) is 54.3 Å². The SMILES string of the molecule is COc1ccc2c3cc(C)ccc3n(-c3cc(C(C)(C)C)ccn3)c2c1. The Hall–Kier alpha value is -2.81. The van der Waals surface area contributed by atoms with Crippen molar-refractivity contribution in [3.8, 4) is 11.6 Å². The number of hydrogen-bond donors (Lipinski definition) is 0. The minimum Gasteiger partial charge on any atom is -0.497 e. The number of aryl methyl sites for hydroxylation is 1. The number of rotatable bonds is 2. The largest absolute Gasteiger partial charge is 0.497 e. The molecule has 0 atom stereocenters. The Labute approximate surface area is 154 Å². The van der Waals surface area contributed by atoms with E-state index >= 15 is 0 Å². The van der Waals surface area contributed by atoms with Crippen molar-refractivity contribution in [1.29, 1.82) is 0 Å². The van der Waals surface area contributed by atoms with Crippen molar-refractivity contribution in [2.24, 2.45) is 0 Å². The van der Waals surface area contributed by atoms with E-state index in [0.717, 1.165) is 22.6 Å². The molecule has 2 heterocycles.